The Kier molecular flexibility index (Phi) is 2.13. The first-order valence-corrected chi connectivity index (χ1v) is 4.98. The van der Waals surface area contributed by atoms with Crippen LogP contribution in [0.2, 0.25) is 0 Å². The van der Waals surface area contributed by atoms with Gasteiger partial charge in [-0.15, -0.1) is 0 Å². The van der Waals surface area contributed by atoms with Gasteiger partial charge in [0.05, 0.1) is 17.4 Å². The van der Waals surface area contributed by atoms with Gasteiger partial charge in [0.25, 0.3) is 0 Å². The molecule has 0 spiro atoms. The van der Waals surface area contributed by atoms with Crippen LogP contribution in [0.1, 0.15) is 18.5 Å². The molecule has 1 aliphatic carbocycles. The number of aromatic amines is 1. The summed E-state index contributed by atoms with van der Waals surface area (Å²) in [5.41, 5.74) is -0.970. The lowest BCUT2D eigenvalue weighted by Crippen LogP contribution is -2.26. The third-order valence-electron chi connectivity index (χ3n) is 2.64. The number of nitrogens with zero attached hydrogens (tertiary/aromatic N) is 1. The molecule has 1 aromatic rings. The molecule has 0 saturated heterocycles. The molecule has 0 aliphatic heterocycles. The van der Waals surface area contributed by atoms with Crippen molar-refractivity contribution in [2.45, 2.75) is 25.4 Å². The fraction of sp³-hybridized carbons (Fsp3) is 0.625. The first-order chi connectivity index (χ1) is 6.45. The highest BCUT2D eigenvalue weighted by Crippen LogP contribution is 2.59. The van der Waals surface area contributed by atoms with Crippen LogP contribution in [0.25, 0.3) is 0 Å². The number of halogens is 4. The summed E-state index contributed by atoms with van der Waals surface area (Å²) in [5, 5.41) is 0. The maximum absolute atomic E-state index is 12.6. The van der Waals surface area contributed by atoms with Crippen molar-refractivity contribution < 1.29 is 13.2 Å². The second-order valence-corrected chi connectivity index (χ2v) is 4.38. The highest BCUT2D eigenvalue weighted by atomic mass is 79.9. The van der Waals surface area contributed by atoms with Crippen molar-refractivity contribution in [3.8, 4) is 0 Å². The largest absolute Gasteiger partial charge is 0.394 e. The lowest BCUT2D eigenvalue weighted by atomic mass is 10.0. The van der Waals surface area contributed by atoms with Gasteiger partial charge in [0.1, 0.15) is 4.60 Å². The number of alkyl halides is 3. The number of imidazole rings is 1. The quantitative estimate of drug-likeness (QED) is 0.878. The lowest BCUT2D eigenvalue weighted by molar-refractivity contribution is -0.186. The zero-order valence-electron chi connectivity index (χ0n) is 7.16. The first kappa shape index (κ1) is 10.0. The molecule has 1 saturated carbocycles. The Hall–Kier alpha value is -0.520. The summed E-state index contributed by atoms with van der Waals surface area (Å²) in [6.45, 7) is 0. The van der Waals surface area contributed by atoms with Gasteiger partial charge in [0.15, 0.2) is 0 Å². The Morgan fingerprint density at radius 1 is 1.50 bits per heavy atom. The van der Waals surface area contributed by atoms with Crippen LogP contribution in [0.4, 0.5) is 13.2 Å². The van der Waals surface area contributed by atoms with Gasteiger partial charge in [-0.25, -0.2) is 4.98 Å². The molecule has 0 atom stereocenters. The molecule has 0 amide bonds. The molecular formula is C8H8BrF3N2. The molecule has 2 nitrogen and oxygen atoms in total. The summed E-state index contributed by atoms with van der Waals surface area (Å²) >= 11 is 3.10. The minimum Gasteiger partial charge on any atom is -0.347 e. The first-order valence-electron chi connectivity index (χ1n) is 4.19. The van der Waals surface area contributed by atoms with Crippen molar-refractivity contribution in [2.75, 3.05) is 0 Å². The number of nitrogens with one attached hydrogen (secondary N) is 1. The fourth-order valence-electron chi connectivity index (χ4n) is 1.48. The Bertz CT molecular complexity index is 341. The molecule has 0 unspecified atom stereocenters. The predicted octanol–water partition coefficient (Wildman–Crippen LogP) is 3.06. The lowest BCUT2D eigenvalue weighted by Gasteiger charge is -2.18. The summed E-state index contributed by atoms with van der Waals surface area (Å²) in [5.74, 6) is 0. The van der Waals surface area contributed by atoms with Gasteiger partial charge >= 0.3 is 6.18 Å². The van der Waals surface area contributed by atoms with E-state index in [0.717, 1.165) is 0 Å². The number of hydrogen-bond donors (Lipinski definition) is 1. The fourth-order valence-corrected chi connectivity index (χ4v) is 1.84. The molecule has 1 N–H and O–H groups in total. The van der Waals surface area contributed by atoms with E-state index in [1.807, 2.05) is 0 Å². The van der Waals surface area contributed by atoms with Crippen LogP contribution in [0.3, 0.4) is 0 Å². The van der Waals surface area contributed by atoms with Crippen molar-refractivity contribution in [3.05, 3.63) is 16.6 Å². The molecular weight excluding hydrogens is 261 g/mol. The van der Waals surface area contributed by atoms with Crippen molar-refractivity contribution in [1.82, 2.24) is 9.97 Å². The van der Waals surface area contributed by atoms with Crippen LogP contribution in [0.15, 0.2) is 10.9 Å². The molecule has 14 heavy (non-hydrogen) atoms. The third kappa shape index (κ3) is 1.55. The standard InChI is InChI=1S/C8H8BrF3N2/c9-6-5(13-4-14-6)3-7(1-2-7)8(10,11)12/h4H,1-3H2,(H,13,14). The Labute approximate surface area is 87.0 Å². The van der Waals surface area contributed by atoms with Gasteiger partial charge in [-0.1, -0.05) is 0 Å². The van der Waals surface area contributed by atoms with Crippen LogP contribution in [0.5, 0.6) is 0 Å². The van der Waals surface area contributed by atoms with Crippen molar-refractivity contribution in [2.24, 2.45) is 5.41 Å². The molecule has 1 aliphatic rings. The number of aromatic nitrogens is 2. The Balaban J connectivity index is 2.16. The maximum atomic E-state index is 12.6. The van der Waals surface area contributed by atoms with Crippen molar-refractivity contribution >= 4 is 15.9 Å². The van der Waals surface area contributed by atoms with E-state index in [2.05, 4.69) is 25.9 Å². The second kappa shape index (κ2) is 2.98. The van der Waals surface area contributed by atoms with E-state index in [1.54, 1.807) is 0 Å². The van der Waals surface area contributed by atoms with Gasteiger partial charge < -0.3 is 4.98 Å². The molecule has 0 aromatic carbocycles. The second-order valence-electron chi connectivity index (χ2n) is 3.63. The number of rotatable bonds is 2. The monoisotopic (exact) mass is 268 g/mol. The van der Waals surface area contributed by atoms with Gasteiger partial charge in [-0.05, 0) is 28.8 Å². The molecule has 0 radical (unpaired) electrons. The molecule has 1 aromatic heterocycles. The zero-order chi connectivity index (χ0) is 10.4. The van der Waals surface area contributed by atoms with E-state index in [9.17, 15) is 13.2 Å². The normalized spacial score (nSPS) is 19.7. The highest BCUT2D eigenvalue weighted by Gasteiger charge is 2.63. The van der Waals surface area contributed by atoms with Crippen molar-refractivity contribution in [1.29, 1.82) is 0 Å². The predicted molar refractivity (Wildman–Crippen MR) is 47.7 cm³/mol. The molecule has 2 rings (SSSR count). The van der Waals surface area contributed by atoms with E-state index >= 15 is 0 Å². The average molecular weight is 269 g/mol. The van der Waals surface area contributed by atoms with Gasteiger partial charge in [-0.3, -0.25) is 0 Å². The van der Waals surface area contributed by atoms with Crippen LogP contribution < -0.4 is 0 Å². The summed E-state index contributed by atoms with van der Waals surface area (Å²) in [4.78, 5) is 6.52. The molecule has 0 bridgehead atoms. The van der Waals surface area contributed by atoms with E-state index in [-0.39, 0.29) is 19.3 Å². The SMILES string of the molecule is FC(F)(F)C1(Cc2[nH]cnc2Br)CC1. The van der Waals surface area contributed by atoms with Gasteiger partial charge in [0.2, 0.25) is 0 Å². The maximum Gasteiger partial charge on any atom is 0.394 e. The smallest absolute Gasteiger partial charge is 0.347 e. The minimum atomic E-state index is -4.10. The summed E-state index contributed by atoms with van der Waals surface area (Å²) < 4.78 is 38.2. The number of H-pyrrole nitrogens is 1. The zero-order valence-corrected chi connectivity index (χ0v) is 8.74. The third-order valence-corrected chi connectivity index (χ3v) is 3.32. The Morgan fingerprint density at radius 2 is 2.14 bits per heavy atom. The summed E-state index contributed by atoms with van der Waals surface area (Å²) in [6, 6.07) is 0. The Morgan fingerprint density at radius 3 is 2.50 bits per heavy atom. The average Bonchev–Trinajstić information content (AvgIpc) is 2.73. The van der Waals surface area contributed by atoms with Crippen LogP contribution in [-0.4, -0.2) is 16.1 Å². The van der Waals surface area contributed by atoms with E-state index in [0.29, 0.717) is 10.3 Å². The minimum absolute atomic E-state index is 0.00289. The van der Waals surface area contributed by atoms with E-state index in [4.69, 9.17) is 0 Å². The summed E-state index contributed by atoms with van der Waals surface area (Å²) in [7, 11) is 0. The molecule has 6 heteroatoms. The van der Waals surface area contributed by atoms with E-state index < -0.39 is 11.6 Å². The van der Waals surface area contributed by atoms with Gasteiger partial charge in [0, 0.05) is 6.42 Å². The molecule has 1 fully saturated rings. The van der Waals surface area contributed by atoms with Gasteiger partial charge in [-0.2, -0.15) is 13.2 Å². The summed E-state index contributed by atoms with van der Waals surface area (Å²) in [6.07, 6.45) is -2.26. The molecule has 1 heterocycles. The topological polar surface area (TPSA) is 28.7 Å². The van der Waals surface area contributed by atoms with Crippen LogP contribution in [0, 0.1) is 5.41 Å². The van der Waals surface area contributed by atoms with Crippen LogP contribution >= 0.6 is 15.9 Å². The molecule has 78 valence electrons. The van der Waals surface area contributed by atoms with Crippen molar-refractivity contribution in [3.63, 3.8) is 0 Å². The highest BCUT2D eigenvalue weighted by molar-refractivity contribution is 9.10. The number of hydrogen-bond acceptors (Lipinski definition) is 1. The van der Waals surface area contributed by atoms with Crippen LogP contribution in [-0.2, 0) is 6.42 Å². The van der Waals surface area contributed by atoms with E-state index in [1.165, 1.54) is 6.33 Å².